The Balaban J connectivity index is 2.03. The maximum atomic E-state index is 12.3. The van der Waals surface area contributed by atoms with E-state index >= 15 is 0 Å². The summed E-state index contributed by atoms with van der Waals surface area (Å²) in [5.41, 5.74) is -0.232. The molecule has 1 aliphatic carbocycles. The maximum Gasteiger partial charge on any atom is 0.230 e. The Hall–Kier alpha value is 0.430. The minimum Gasteiger partial charge on any atom is -0.342 e. The van der Waals surface area contributed by atoms with Crippen molar-refractivity contribution in [3.63, 3.8) is 0 Å². The number of rotatable bonds is 1. The van der Waals surface area contributed by atoms with Gasteiger partial charge in [0.25, 0.3) is 0 Å². The fourth-order valence-electron chi connectivity index (χ4n) is 2.35. The minimum atomic E-state index is -0.232. The van der Waals surface area contributed by atoms with Crippen molar-refractivity contribution in [3.8, 4) is 0 Å². The van der Waals surface area contributed by atoms with Crippen molar-refractivity contribution in [2.45, 2.75) is 36.3 Å². The summed E-state index contributed by atoms with van der Waals surface area (Å²) >= 11 is 7.12. The van der Waals surface area contributed by atoms with Gasteiger partial charge in [-0.3, -0.25) is 4.79 Å². The molecule has 1 saturated carbocycles. The monoisotopic (exact) mass is 337 g/mol. The first-order valence-corrected chi connectivity index (χ1v) is 7.13. The number of nitrogens with zero attached hydrogens (tertiary/aromatic N) is 1. The molecule has 86 valence electrons. The molecule has 2 atom stereocenters. The highest BCUT2D eigenvalue weighted by atomic mass is 79.9. The highest BCUT2D eigenvalue weighted by Gasteiger charge is 2.67. The molecular weight excluding hydrogens is 322 g/mol. The lowest BCUT2D eigenvalue weighted by Crippen LogP contribution is -2.43. The first-order chi connectivity index (χ1) is 6.87. The average molecular weight is 339 g/mol. The van der Waals surface area contributed by atoms with E-state index in [4.69, 9.17) is 0 Å². The quantitative estimate of drug-likeness (QED) is 0.672. The second-order valence-corrected chi connectivity index (χ2v) is 8.98. The Morgan fingerprint density at radius 3 is 2.53 bits per heavy atom. The van der Waals surface area contributed by atoms with Gasteiger partial charge in [-0.1, -0.05) is 38.8 Å². The summed E-state index contributed by atoms with van der Waals surface area (Å²) in [7, 11) is 0. The van der Waals surface area contributed by atoms with Crippen LogP contribution in [0.3, 0.4) is 0 Å². The number of amides is 1. The van der Waals surface area contributed by atoms with Crippen LogP contribution in [-0.4, -0.2) is 27.1 Å². The predicted molar refractivity (Wildman–Crippen MR) is 68.3 cm³/mol. The van der Waals surface area contributed by atoms with Crippen molar-refractivity contribution in [3.05, 3.63) is 0 Å². The fourth-order valence-corrected chi connectivity index (χ4v) is 3.82. The maximum absolute atomic E-state index is 12.3. The molecule has 2 aliphatic rings. The number of hydrogen-bond donors (Lipinski definition) is 0. The normalized spacial score (nSPS) is 38.9. The molecule has 1 heterocycles. The Labute approximate surface area is 108 Å². The molecule has 0 unspecified atom stereocenters. The molecule has 0 aromatic heterocycles. The Bertz CT molecular complexity index is 292. The fraction of sp³-hybridized carbons (Fsp3) is 0.909. The standard InChI is InChI=1S/C11H17Br2NO/c1-8-4-3-5-14(6-8)9(15)10(2)7-11(10,12)13/h8H,3-7H2,1-2H3/t8-,10+/m0/s1. The summed E-state index contributed by atoms with van der Waals surface area (Å²) in [4.78, 5) is 14.3. The molecule has 0 radical (unpaired) electrons. The Morgan fingerprint density at radius 2 is 2.07 bits per heavy atom. The molecule has 0 N–H and O–H groups in total. The van der Waals surface area contributed by atoms with Crippen LogP contribution in [0, 0.1) is 11.3 Å². The van der Waals surface area contributed by atoms with Gasteiger partial charge >= 0.3 is 0 Å². The van der Waals surface area contributed by atoms with Crippen molar-refractivity contribution in [1.82, 2.24) is 4.90 Å². The van der Waals surface area contributed by atoms with Crippen LogP contribution in [0.2, 0.25) is 0 Å². The van der Waals surface area contributed by atoms with Crippen molar-refractivity contribution in [2.24, 2.45) is 11.3 Å². The molecule has 0 bridgehead atoms. The Morgan fingerprint density at radius 1 is 1.47 bits per heavy atom. The lowest BCUT2D eigenvalue weighted by Gasteiger charge is -2.33. The topological polar surface area (TPSA) is 20.3 Å². The van der Waals surface area contributed by atoms with Crippen LogP contribution >= 0.6 is 31.9 Å². The van der Waals surface area contributed by atoms with Crippen molar-refractivity contribution in [2.75, 3.05) is 13.1 Å². The second-order valence-electron chi connectivity index (χ2n) is 5.21. The number of hydrogen-bond acceptors (Lipinski definition) is 1. The van der Waals surface area contributed by atoms with E-state index in [1.165, 1.54) is 6.42 Å². The molecule has 1 amide bonds. The van der Waals surface area contributed by atoms with E-state index in [0.717, 1.165) is 25.9 Å². The van der Waals surface area contributed by atoms with E-state index in [2.05, 4.69) is 38.8 Å². The average Bonchev–Trinajstić information content (AvgIpc) is 2.66. The molecule has 1 aliphatic heterocycles. The van der Waals surface area contributed by atoms with Gasteiger partial charge in [0.15, 0.2) is 0 Å². The zero-order valence-corrected chi connectivity index (χ0v) is 12.4. The van der Waals surface area contributed by atoms with E-state index < -0.39 is 0 Å². The van der Waals surface area contributed by atoms with Gasteiger partial charge in [-0.05, 0) is 32.1 Å². The van der Waals surface area contributed by atoms with Crippen molar-refractivity contribution < 1.29 is 4.79 Å². The second kappa shape index (κ2) is 3.73. The van der Waals surface area contributed by atoms with Crippen molar-refractivity contribution >= 4 is 37.8 Å². The summed E-state index contributed by atoms with van der Waals surface area (Å²) in [6.07, 6.45) is 3.30. The lowest BCUT2D eigenvalue weighted by molar-refractivity contribution is -0.138. The summed E-state index contributed by atoms with van der Waals surface area (Å²) in [6.45, 7) is 6.14. The molecular formula is C11H17Br2NO. The number of piperidine rings is 1. The van der Waals surface area contributed by atoms with Gasteiger partial charge in [0, 0.05) is 13.1 Å². The van der Waals surface area contributed by atoms with Crippen LogP contribution in [-0.2, 0) is 4.79 Å². The van der Waals surface area contributed by atoms with Gasteiger partial charge in [-0.25, -0.2) is 0 Å². The first-order valence-electron chi connectivity index (χ1n) is 5.54. The molecule has 0 spiro atoms. The minimum absolute atomic E-state index is 0.148. The van der Waals surface area contributed by atoms with Crippen LogP contribution < -0.4 is 0 Å². The molecule has 0 aromatic rings. The van der Waals surface area contributed by atoms with Crippen LogP contribution in [0.5, 0.6) is 0 Å². The number of carbonyl (C=O) groups excluding carboxylic acids is 1. The van der Waals surface area contributed by atoms with Gasteiger partial charge in [-0.15, -0.1) is 0 Å². The summed E-state index contributed by atoms with van der Waals surface area (Å²) < 4.78 is -0.148. The zero-order valence-electron chi connectivity index (χ0n) is 9.22. The van der Waals surface area contributed by atoms with Crippen LogP contribution in [0.25, 0.3) is 0 Å². The van der Waals surface area contributed by atoms with E-state index in [1.807, 2.05) is 11.8 Å². The highest BCUT2D eigenvalue weighted by Crippen LogP contribution is 2.67. The number of likely N-dealkylation sites (tertiary alicyclic amines) is 1. The number of halogens is 2. The summed E-state index contributed by atoms with van der Waals surface area (Å²) in [5, 5.41) is 0. The van der Waals surface area contributed by atoms with Crippen LogP contribution in [0.15, 0.2) is 0 Å². The molecule has 2 fully saturated rings. The number of alkyl halides is 2. The van der Waals surface area contributed by atoms with Gasteiger partial charge in [0.2, 0.25) is 5.91 Å². The highest BCUT2D eigenvalue weighted by molar-refractivity contribution is 9.25. The lowest BCUT2D eigenvalue weighted by atomic mass is 9.98. The Kier molecular flexibility index (Phi) is 2.96. The van der Waals surface area contributed by atoms with E-state index in [0.29, 0.717) is 11.8 Å². The van der Waals surface area contributed by atoms with Crippen LogP contribution in [0.4, 0.5) is 0 Å². The summed E-state index contributed by atoms with van der Waals surface area (Å²) in [5.74, 6) is 0.966. The van der Waals surface area contributed by atoms with Gasteiger partial charge in [0.1, 0.15) is 0 Å². The number of carbonyl (C=O) groups is 1. The van der Waals surface area contributed by atoms with Gasteiger partial charge < -0.3 is 4.90 Å². The van der Waals surface area contributed by atoms with Crippen molar-refractivity contribution in [1.29, 1.82) is 0 Å². The molecule has 1 saturated heterocycles. The molecule has 0 aromatic carbocycles. The van der Waals surface area contributed by atoms with Crippen LogP contribution in [0.1, 0.15) is 33.1 Å². The van der Waals surface area contributed by atoms with Gasteiger partial charge in [-0.2, -0.15) is 0 Å². The SMILES string of the molecule is C[C@H]1CCCN(C(=O)[C@@]2(C)CC2(Br)Br)C1. The third-order valence-electron chi connectivity index (χ3n) is 3.67. The first kappa shape index (κ1) is 11.9. The molecule has 4 heteroatoms. The smallest absolute Gasteiger partial charge is 0.230 e. The van der Waals surface area contributed by atoms with E-state index in [1.54, 1.807) is 0 Å². The summed E-state index contributed by atoms with van der Waals surface area (Å²) in [6, 6.07) is 0. The predicted octanol–water partition coefficient (Wildman–Crippen LogP) is 3.14. The molecule has 15 heavy (non-hydrogen) atoms. The molecule has 2 nitrogen and oxygen atoms in total. The van der Waals surface area contributed by atoms with E-state index in [9.17, 15) is 4.79 Å². The molecule has 2 rings (SSSR count). The third kappa shape index (κ3) is 1.99. The third-order valence-corrected chi connectivity index (χ3v) is 5.99. The van der Waals surface area contributed by atoms with Gasteiger partial charge in [0.05, 0.1) is 8.65 Å². The zero-order chi connectivity index (χ0) is 11.3. The largest absolute Gasteiger partial charge is 0.342 e. The van der Waals surface area contributed by atoms with E-state index in [-0.39, 0.29) is 8.65 Å².